The number of hydrogen-bond acceptors (Lipinski definition) is 5. The topological polar surface area (TPSA) is 75.9 Å². The predicted octanol–water partition coefficient (Wildman–Crippen LogP) is 3.79. The van der Waals surface area contributed by atoms with Gasteiger partial charge in [-0.05, 0) is 30.0 Å². The van der Waals surface area contributed by atoms with E-state index in [0.717, 1.165) is 5.56 Å². The van der Waals surface area contributed by atoms with Gasteiger partial charge in [0.05, 0.1) is 5.69 Å². The van der Waals surface area contributed by atoms with Crippen LogP contribution in [0.15, 0.2) is 34.4 Å². The minimum atomic E-state index is -0.733. The van der Waals surface area contributed by atoms with Crippen molar-refractivity contribution in [2.45, 2.75) is 39.7 Å². The van der Waals surface area contributed by atoms with Crippen LogP contribution in [0.3, 0.4) is 0 Å². The van der Waals surface area contributed by atoms with Crippen LogP contribution >= 0.6 is 0 Å². The lowest BCUT2D eigenvalue weighted by molar-refractivity contribution is -0.136. The number of nitrogens with zero attached hydrogens (tertiary/aromatic N) is 2. The van der Waals surface area contributed by atoms with E-state index in [4.69, 9.17) is 0 Å². The van der Waals surface area contributed by atoms with Gasteiger partial charge in [0, 0.05) is 19.1 Å². The molecule has 22 heavy (non-hydrogen) atoms. The number of rotatable bonds is 4. The fraction of sp³-hybridized carbons (Fsp3) is 0.471. The quantitative estimate of drug-likeness (QED) is 0.482. The smallest absolute Gasteiger partial charge is 0.149 e. The number of hydrogen-bond donors (Lipinski definition) is 0. The largest absolute Gasteiger partial charge is 0.298 e. The van der Waals surface area contributed by atoms with E-state index in [9.17, 15) is 14.5 Å². The molecule has 1 aromatic rings. The molecule has 1 aliphatic carbocycles. The normalized spacial score (nSPS) is 20.3. The summed E-state index contributed by atoms with van der Waals surface area (Å²) in [6.45, 7) is 5.57. The number of nitroso groups, excluding NO2 is 1. The Kier molecular flexibility index (Phi) is 4.64. The second kappa shape index (κ2) is 6.30. The zero-order valence-corrected chi connectivity index (χ0v) is 13.1. The molecule has 116 valence electrons. The van der Waals surface area contributed by atoms with E-state index < -0.39 is 12.0 Å². The first-order chi connectivity index (χ1) is 10.3. The fourth-order valence-electron chi connectivity index (χ4n) is 2.63. The maximum Gasteiger partial charge on any atom is 0.149 e. The minimum absolute atomic E-state index is 0.0691. The molecule has 5 heteroatoms. The lowest BCUT2D eigenvalue weighted by atomic mass is 9.72. The molecule has 0 aliphatic heterocycles. The summed E-state index contributed by atoms with van der Waals surface area (Å²) in [6, 6.07) is 6.63. The summed E-state index contributed by atoms with van der Waals surface area (Å²) in [6.07, 6.45) is 2.24. The van der Waals surface area contributed by atoms with Gasteiger partial charge in [0.1, 0.15) is 23.5 Å². The fourth-order valence-corrected chi connectivity index (χ4v) is 2.63. The van der Waals surface area contributed by atoms with Crippen LogP contribution in [0.5, 0.6) is 0 Å². The van der Waals surface area contributed by atoms with E-state index in [-0.39, 0.29) is 17.0 Å². The van der Waals surface area contributed by atoms with Crippen LogP contribution in [0.2, 0.25) is 0 Å². The molecule has 1 atom stereocenters. The third-order valence-electron chi connectivity index (χ3n) is 3.91. The Morgan fingerprint density at radius 1 is 1.14 bits per heavy atom. The Morgan fingerprint density at radius 2 is 1.68 bits per heavy atom. The van der Waals surface area contributed by atoms with Crippen LogP contribution in [-0.4, -0.2) is 17.8 Å². The Bertz CT molecular complexity index is 597. The molecule has 0 aromatic heterocycles. The van der Waals surface area contributed by atoms with Crippen molar-refractivity contribution in [2.24, 2.45) is 21.5 Å². The lowest BCUT2D eigenvalue weighted by Gasteiger charge is -2.30. The summed E-state index contributed by atoms with van der Waals surface area (Å²) in [5.74, 6) is -0.871. The predicted molar refractivity (Wildman–Crippen MR) is 85.3 cm³/mol. The number of carbonyl (C=O) groups excluding carboxylic acids is 2. The van der Waals surface area contributed by atoms with Crippen LogP contribution in [0.25, 0.3) is 0 Å². The van der Waals surface area contributed by atoms with Crippen molar-refractivity contribution < 1.29 is 9.59 Å². The molecule has 1 aliphatic rings. The van der Waals surface area contributed by atoms with Crippen molar-refractivity contribution in [3.8, 4) is 0 Å². The van der Waals surface area contributed by atoms with Crippen LogP contribution in [-0.2, 0) is 9.59 Å². The van der Waals surface area contributed by atoms with Gasteiger partial charge in [-0.25, -0.2) is 0 Å². The van der Waals surface area contributed by atoms with Gasteiger partial charge in [0.15, 0.2) is 0 Å². The second-order valence-corrected chi connectivity index (χ2v) is 6.58. The minimum Gasteiger partial charge on any atom is -0.298 e. The van der Waals surface area contributed by atoms with Crippen LogP contribution in [0, 0.1) is 16.2 Å². The van der Waals surface area contributed by atoms with Gasteiger partial charge < -0.3 is 0 Å². The van der Waals surface area contributed by atoms with Crippen molar-refractivity contribution in [1.29, 1.82) is 0 Å². The molecule has 5 nitrogen and oxygen atoms in total. The summed E-state index contributed by atoms with van der Waals surface area (Å²) in [7, 11) is 0. The molecule has 1 unspecified atom stereocenters. The van der Waals surface area contributed by atoms with Gasteiger partial charge in [-0.1, -0.05) is 31.2 Å². The van der Waals surface area contributed by atoms with E-state index in [1.165, 1.54) is 6.21 Å². The van der Waals surface area contributed by atoms with Crippen LogP contribution < -0.4 is 0 Å². The van der Waals surface area contributed by atoms with Crippen molar-refractivity contribution in [2.75, 3.05) is 0 Å². The van der Waals surface area contributed by atoms with Gasteiger partial charge in [-0.15, -0.1) is 0 Å². The van der Waals surface area contributed by atoms with E-state index in [1.54, 1.807) is 31.2 Å². The number of ketones is 2. The van der Waals surface area contributed by atoms with E-state index >= 15 is 0 Å². The highest BCUT2D eigenvalue weighted by atomic mass is 16.3. The number of aliphatic imine (C=N–C) groups is 1. The summed E-state index contributed by atoms with van der Waals surface area (Å²) in [5, 5.41) is 2.96. The van der Waals surface area contributed by atoms with Crippen molar-refractivity contribution in [1.82, 2.24) is 0 Å². The Balaban J connectivity index is 2.10. The summed E-state index contributed by atoms with van der Waals surface area (Å²) >= 11 is 0. The zero-order chi connectivity index (χ0) is 16.3. The number of benzene rings is 1. The Hall–Kier alpha value is -2.17. The highest BCUT2D eigenvalue weighted by molar-refractivity contribution is 6.16. The molecule has 0 bridgehead atoms. The monoisotopic (exact) mass is 300 g/mol. The van der Waals surface area contributed by atoms with Gasteiger partial charge in [0.2, 0.25) is 0 Å². The lowest BCUT2D eigenvalue weighted by Crippen LogP contribution is -2.38. The molecule has 2 rings (SSSR count). The van der Waals surface area contributed by atoms with Crippen molar-refractivity contribution in [3.63, 3.8) is 0 Å². The molecule has 0 radical (unpaired) electrons. The van der Waals surface area contributed by atoms with E-state index in [1.807, 2.05) is 13.8 Å². The second-order valence-electron chi connectivity index (χ2n) is 6.58. The maximum absolute atomic E-state index is 12.1. The van der Waals surface area contributed by atoms with E-state index in [0.29, 0.717) is 18.5 Å². The first-order valence-corrected chi connectivity index (χ1v) is 7.34. The molecule has 0 spiro atoms. The molecule has 1 aromatic carbocycles. The van der Waals surface area contributed by atoms with E-state index in [2.05, 4.69) is 10.2 Å². The molecular formula is C17H20N2O3. The summed E-state index contributed by atoms with van der Waals surface area (Å²) < 4.78 is 0. The van der Waals surface area contributed by atoms with Crippen molar-refractivity contribution >= 4 is 23.5 Å². The molecule has 1 saturated carbocycles. The molecular weight excluding hydrogens is 280 g/mol. The molecule has 0 N–H and O–H groups in total. The molecule has 0 amide bonds. The maximum atomic E-state index is 12.1. The Labute approximate surface area is 129 Å². The number of carbonyl (C=O) groups is 2. The zero-order valence-electron chi connectivity index (χ0n) is 13.1. The molecule has 1 fully saturated rings. The average molecular weight is 300 g/mol. The van der Waals surface area contributed by atoms with Crippen LogP contribution in [0.1, 0.15) is 45.2 Å². The van der Waals surface area contributed by atoms with Gasteiger partial charge in [-0.2, -0.15) is 4.91 Å². The summed E-state index contributed by atoms with van der Waals surface area (Å²) in [5.41, 5.74) is 1.20. The Morgan fingerprint density at radius 3 is 2.18 bits per heavy atom. The van der Waals surface area contributed by atoms with Crippen molar-refractivity contribution in [3.05, 3.63) is 34.7 Å². The third-order valence-corrected chi connectivity index (χ3v) is 3.91. The third kappa shape index (κ3) is 3.72. The van der Waals surface area contributed by atoms with Gasteiger partial charge in [0.25, 0.3) is 0 Å². The highest BCUT2D eigenvalue weighted by Gasteiger charge is 2.38. The van der Waals surface area contributed by atoms with Gasteiger partial charge in [-0.3, -0.25) is 14.6 Å². The molecule has 0 heterocycles. The first kappa shape index (κ1) is 16.2. The summed E-state index contributed by atoms with van der Waals surface area (Å²) in [4.78, 5) is 38.9. The molecule has 0 saturated heterocycles. The number of Topliss-reactive ketones (excluding diaryl/α,β-unsaturated/α-hetero) is 2. The van der Waals surface area contributed by atoms with Crippen LogP contribution in [0.4, 0.5) is 5.69 Å². The standard InChI is InChI=1S/C17H20N2O3/c1-11(19-22)12-4-6-13(7-5-12)18-10-14-15(20)8-17(2,3)9-16(14)21/h4-7,10-11,14H,8-9H2,1-3H3. The first-order valence-electron chi connectivity index (χ1n) is 7.34. The van der Waals surface area contributed by atoms with Gasteiger partial charge >= 0.3 is 0 Å². The average Bonchev–Trinajstić information content (AvgIpc) is 2.45. The highest BCUT2D eigenvalue weighted by Crippen LogP contribution is 2.33. The SMILES string of the molecule is CC(N=O)c1ccc(N=CC2C(=O)CC(C)(C)CC2=O)cc1.